The van der Waals surface area contributed by atoms with Crippen molar-refractivity contribution < 1.29 is 32.6 Å². The van der Waals surface area contributed by atoms with E-state index < -0.39 is 12.1 Å². The third-order valence-corrected chi connectivity index (χ3v) is 6.41. The number of aromatic nitrogens is 1. The molecule has 3 heterocycles. The number of carboxylic acids is 1. The van der Waals surface area contributed by atoms with Crippen LogP contribution in [0.3, 0.4) is 0 Å². The summed E-state index contributed by atoms with van der Waals surface area (Å²) in [6, 6.07) is 5.89. The lowest BCUT2D eigenvalue weighted by molar-refractivity contribution is -0.192. The molecule has 3 N–H and O–H groups in total. The van der Waals surface area contributed by atoms with Crippen LogP contribution >= 0.6 is 11.3 Å². The molecule has 1 unspecified atom stereocenters. The number of alkyl halides is 3. The number of thiazole rings is 1. The Balaban J connectivity index is 0.000000383. The Kier molecular flexibility index (Phi) is 8.49. The van der Waals surface area contributed by atoms with Crippen molar-refractivity contribution in [1.82, 2.24) is 15.2 Å². The van der Waals surface area contributed by atoms with E-state index in [0.717, 1.165) is 73.0 Å². The van der Waals surface area contributed by atoms with Gasteiger partial charge < -0.3 is 25.4 Å². The van der Waals surface area contributed by atoms with Gasteiger partial charge in [-0.05, 0) is 56.8 Å². The number of nitrogens with one attached hydrogen (secondary N) is 2. The number of urea groups is 1. The van der Waals surface area contributed by atoms with Gasteiger partial charge in [-0.25, -0.2) is 14.6 Å². The second-order valence-electron chi connectivity index (χ2n) is 8.03. The van der Waals surface area contributed by atoms with Gasteiger partial charge in [-0.3, -0.25) is 0 Å². The van der Waals surface area contributed by atoms with Crippen LogP contribution in [0.4, 0.5) is 23.7 Å². The Morgan fingerprint density at radius 1 is 1.30 bits per heavy atom. The van der Waals surface area contributed by atoms with Crippen LogP contribution in [0.25, 0.3) is 10.2 Å². The molecule has 33 heavy (non-hydrogen) atoms. The van der Waals surface area contributed by atoms with Gasteiger partial charge in [-0.2, -0.15) is 13.2 Å². The molecule has 2 fully saturated rings. The van der Waals surface area contributed by atoms with E-state index in [9.17, 15) is 18.0 Å². The maximum absolute atomic E-state index is 12.5. The number of carbonyl (C=O) groups is 2. The van der Waals surface area contributed by atoms with Gasteiger partial charge in [0.2, 0.25) is 0 Å². The number of aliphatic carboxylic acids is 1. The van der Waals surface area contributed by atoms with Crippen LogP contribution in [0, 0.1) is 12.8 Å². The van der Waals surface area contributed by atoms with Gasteiger partial charge in [0.15, 0.2) is 0 Å². The fourth-order valence-electron chi connectivity index (χ4n) is 3.67. The Bertz CT molecular complexity index is 955. The van der Waals surface area contributed by atoms with E-state index in [0.29, 0.717) is 12.0 Å². The first-order valence-electron chi connectivity index (χ1n) is 10.7. The molecular formula is C21H27F3N4O4S. The molecule has 2 aliphatic heterocycles. The van der Waals surface area contributed by atoms with Gasteiger partial charge in [0, 0.05) is 31.9 Å². The van der Waals surface area contributed by atoms with E-state index in [4.69, 9.17) is 14.6 Å². The van der Waals surface area contributed by atoms with Crippen molar-refractivity contribution in [2.24, 2.45) is 5.92 Å². The van der Waals surface area contributed by atoms with Crippen LogP contribution in [-0.2, 0) is 9.53 Å². The molecule has 1 aromatic carbocycles. The first-order valence-corrected chi connectivity index (χ1v) is 11.5. The molecule has 0 spiro atoms. The number of anilines is 1. The molecular weight excluding hydrogens is 461 g/mol. The van der Waals surface area contributed by atoms with Crippen molar-refractivity contribution in [3.8, 4) is 0 Å². The lowest BCUT2D eigenvalue weighted by atomic mass is 9.98. The molecule has 182 valence electrons. The van der Waals surface area contributed by atoms with Crippen molar-refractivity contribution in [2.45, 2.75) is 38.5 Å². The predicted octanol–water partition coefficient (Wildman–Crippen LogP) is 3.86. The number of hydrogen-bond donors (Lipinski definition) is 3. The molecule has 1 aromatic heterocycles. The summed E-state index contributed by atoms with van der Waals surface area (Å²) in [5.41, 5.74) is 1.83. The van der Waals surface area contributed by atoms with E-state index in [-0.39, 0.29) is 6.03 Å². The van der Waals surface area contributed by atoms with E-state index >= 15 is 0 Å². The fraction of sp³-hybridized carbons (Fsp3) is 0.571. The van der Waals surface area contributed by atoms with Crippen molar-refractivity contribution in [3.05, 3.63) is 23.2 Å². The molecule has 2 aliphatic rings. The summed E-state index contributed by atoms with van der Waals surface area (Å²) in [4.78, 5) is 27.8. The Labute approximate surface area is 193 Å². The smallest absolute Gasteiger partial charge is 0.475 e. The van der Waals surface area contributed by atoms with Gasteiger partial charge in [-0.1, -0.05) is 0 Å². The van der Waals surface area contributed by atoms with E-state index in [1.165, 1.54) is 0 Å². The summed E-state index contributed by atoms with van der Waals surface area (Å²) >= 11 is 1.65. The molecule has 0 radical (unpaired) electrons. The predicted molar refractivity (Wildman–Crippen MR) is 119 cm³/mol. The zero-order valence-corrected chi connectivity index (χ0v) is 19.0. The minimum absolute atomic E-state index is 0.00931. The van der Waals surface area contributed by atoms with Crippen LogP contribution < -0.4 is 10.6 Å². The number of aryl methyl sites for hydroxylation is 1. The normalized spacial score (nSPS) is 19.3. The number of benzene rings is 1. The number of hydrogen-bond acceptors (Lipinski definition) is 6. The molecule has 2 aromatic rings. The van der Waals surface area contributed by atoms with Crippen molar-refractivity contribution in [1.29, 1.82) is 0 Å². The number of likely N-dealkylation sites (tertiary alicyclic amines) is 1. The van der Waals surface area contributed by atoms with Crippen molar-refractivity contribution in [3.63, 3.8) is 0 Å². The number of ether oxygens (including phenoxy) is 1. The topological polar surface area (TPSA) is 104 Å². The number of carbonyl (C=O) groups excluding carboxylic acids is 1. The minimum Gasteiger partial charge on any atom is -0.475 e. The summed E-state index contributed by atoms with van der Waals surface area (Å²) in [5.74, 6) is -2.19. The highest BCUT2D eigenvalue weighted by atomic mass is 32.1. The summed E-state index contributed by atoms with van der Waals surface area (Å²) in [7, 11) is 0. The Hall–Kier alpha value is -2.44. The average Bonchev–Trinajstić information content (AvgIpc) is 3.40. The lowest BCUT2D eigenvalue weighted by Crippen LogP contribution is -2.42. The number of fused-ring (bicyclic) bond motifs is 1. The highest BCUT2D eigenvalue weighted by Crippen LogP contribution is 2.25. The third kappa shape index (κ3) is 7.54. The number of amides is 2. The second-order valence-corrected chi connectivity index (χ2v) is 9.26. The van der Waals surface area contributed by atoms with Gasteiger partial charge in [0.1, 0.15) is 0 Å². The molecule has 4 rings (SSSR count). The van der Waals surface area contributed by atoms with Crippen molar-refractivity contribution >= 4 is 39.2 Å². The van der Waals surface area contributed by atoms with E-state index in [1.807, 2.05) is 30.0 Å². The fourth-order valence-corrected chi connectivity index (χ4v) is 4.53. The molecule has 8 nitrogen and oxygen atoms in total. The quantitative estimate of drug-likeness (QED) is 0.604. The highest BCUT2D eigenvalue weighted by Gasteiger charge is 2.38. The molecule has 2 saturated heterocycles. The zero-order chi connectivity index (χ0) is 24.0. The van der Waals surface area contributed by atoms with Gasteiger partial charge in [-0.15, -0.1) is 11.3 Å². The summed E-state index contributed by atoms with van der Waals surface area (Å²) in [6.45, 7) is 6.46. The lowest BCUT2D eigenvalue weighted by Gasteiger charge is -2.32. The molecule has 0 saturated carbocycles. The average molecular weight is 489 g/mol. The summed E-state index contributed by atoms with van der Waals surface area (Å²) in [6.07, 6.45) is -1.56. The van der Waals surface area contributed by atoms with Crippen LogP contribution in [0.1, 0.15) is 24.3 Å². The first kappa shape index (κ1) is 25.2. The molecule has 0 bridgehead atoms. The van der Waals surface area contributed by atoms with Gasteiger partial charge in [0.25, 0.3) is 0 Å². The standard InChI is InChI=1S/C19H26N4O2S.C2HF3O2/c1-13-21-17-3-2-15(10-18(17)26-13)22-19(24)23-8-5-14(6-9-23)12-25-16-4-7-20-11-16;3-2(4,5)1(6)7/h2-3,10,14,16,20H,4-9,11-12H2,1H3,(H,22,24);(H,6,7). The number of rotatable bonds is 4. The van der Waals surface area contributed by atoms with E-state index in [1.54, 1.807) is 11.3 Å². The molecule has 1 atom stereocenters. The van der Waals surface area contributed by atoms with Gasteiger partial charge >= 0.3 is 18.2 Å². The van der Waals surface area contributed by atoms with Gasteiger partial charge in [0.05, 0.1) is 21.3 Å². The first-order chi connectivity index (χ1) is 15.6. The Morgan fingerprint density at radius 2 is 2.00 bits per heavy atom. The Morgan fingerprint density at radius 3 is 2.61 bits per heavy atom. The second kappa shape index (κ2) is 11.1. The van der Waals surface area contributed by atoms with E-state index in [2.05, 4.69) is 15.6 Å². The molecule has 0 aliphatic carbocycles. The zero-order valence-electron chi connectivity index (χ0n) is 18.2. The van der Waals surface area contributed by atoms with Crippen LogP contribution in [0.2, 0.25) is 0 Å². The maximum atomic E-state index is 12.5. The largest absolute Gasteiger partial charge is 0.490 e. The summed E-state index contributed by atoms with van der Waals surface area (Å²) in [5, 5.41) is 14.5. The third-order valence-electron chi connectivity index (χ3n) is 5.47. The van der Waals surface area contributed by atoms with Crippen LogP contribution in [0.15, 0.2) is 18.2 Å². The van der Waals surface area contributed by atoms with Crippen LogP contribution in [0.5, 0.6) is 0 Å². The molecule has 2 amide bonds. The molecule has 12 heteroatoms. The SMILES string of the molecule is Cc1nc2ccc(NC(=O)N3CCC(COC4CCNC4)CC3)cc2s1.O=C(O)C(F)(F)F. The number of nitrogens with zero attached hydrogens (tertiary/aromatic N) is 2. The maximum Gasteiger partial charge on any atom is 0.490 e. The summed E-state index contributed by atoms with van der Waals surface area (Å²) < 4.78 is 38.8. The number of carboxylic acid groups (broad SMARTS) is 1. The monoisotopic (exact) mass is 488 g/mol. The number of halogens is 3. The van der Waals surface area contributed by atoms with Crippen molar-refractivity contribution in [2.75, 3.05) is 38.1 Å². The highest BCUT2D eigenvalue weighted by molar-refractivity contribution is 7.18. The minimum atomic E-state index is -5.08. The number of piperidine rings is 1. The van der Waals surface area contributed by atoms with Crippen LogP contribution in [-0.4, -0.2) is 72.1 Å².